The molecular weight excluding hydrogens is 207 g/mol. The minimum Gasteiger partial charge on any atom is -0.389 e. The zero-order chi connectivity index (χ0) is 11.8. The highest BCUT2D eigenvalue weighted by Gasteiger charge is 2.30. The largest absolute Gasteiger partial charge is 0.389 e. The molecule has 0 heterocycles. The van der Waals surface area contributed by atoms with Crippen molar-refractivity contribution in [3.63, 3.8) is 0 Å². The summed E-state index contributed by atoms with van der Waals surface area (Å²) >= 11 is 0. The molecule has 84 valence electrons. The normalized spacial score (nSPS) is 25.4. The SMILES string of the molecule is CC1(O)CC(=O)C=C(c2ccccc2F)C1. The molecule has 0 bridgehead atoms. The Bertz CT molecular complexity index is 461. The van der Waals surface area contributed by atoms with Crippen molar-refractivity contribution in [2.75, 3.05) is 0 Å². The highest BCUT2D eigenvalue weighted by Crippen LogP contribution is 2.32. The van der Waals surface area contributed by atoms with Gasteiger partial charge in [0.05, 0.1) is 5.60 Å². The fourth-order valence-electron chi connectivity index (χ4n) is 2.04. The molecular formula is C13H13FO2. The molecule has 3 heteroatoms. The standard InChI is InChI=1S/C13H13FO2/c1-13(16)7-9(6-10(15)8-13)11-4-2-3-5-12(11)14/h2-6,16H,7-8H2,1H3. The van der Waals surface area contributed by atoms with Gasteiger partial charge in [0.1, 0.15) is 5.82 Å². The highest BCUT2D eigenvalue weighted by atomic mass is 19.1. The van der Waals surface area contributed by atoms with Gasteiger partial charge < -0.3 is 5.11 Å². The van der Waals surface area contributed by atoms with Gasteiger partial charge in [0.15, 0.2) is 5.78 Å². The van der Waals surface area contributed by atoms with E-state index in [0.29, 0.717) is 17.6 Å². The van der Waals surface area contributed by atoms with Crippen LogP contribution in [0.5, 0.6) is 0 Å². The van der Waals surface area contributed by atoms with E-state index in [-0.39, 0.29) is 18.0 Å². The van der Waals surface area contributed by atoms with Crippen molar-refractivity contribution in [2.45, 2.75) is 25.4 Å². The lowest BCUT2D eigenvalue weighted by Gasteiger charge is -2.27. The van der Waals surface area contributed by atoms with Crippen LogP contribution < -0.4 is 0 Å². The minimum absolute atomic E-state index is 0.102. The van der Waals surface area contributed by atoms with E-state index in [1.54, 1.807) is 25.1 Å². The third-order valence-electron chi connectivity index (χ3n) is 2.68. The Morgan fingerprint density at radius 3 is 2.62 bits per heavy atom. The van der Waals surface area contributed by atoms with Gasteiger partial charge >= 0.3 is 0 Å². The van der Waals surface area contributed by atoms with Gasteiger partial charge in [-0.3, -0.25) is 4.79 Å². The van der Waals surface area contributed by atoms with Crippen molar-refractivity contribution in [3.8, 4) is 0 Å². The van der Waals surface area contributed by atoms with E-state index in [9.17, 15) is 14.3 Å². The summed E-state index contributed by atoms with van der Waals surface area (Å²) in [5, 5.41) is 9.88. The molecule has 0 aromatic heterocycles. The van der Waals surface area contributed by atoms with Crippen molar-refractivity contribution < 1.29 is 14.3 Å². The number of benzene rings is 1. The van der Waals surface area contributed by atoms with Crippen LogP contribution in [0.2, 0.25) is 0 Å². The maximum absolute atomic E-state index is 13.5. The number of aliphatic hydroxyl groups is 1. The average Bonchev–Trinajstić information content (AvgIpc) is 2.15. The quantitative estimate of drug-likeness (QED) is 0.788. The van der Waals surface area contributed by atoms with Gasteiger partial charge in [-0.2, -0.15) is 0 Å². The Balaban J connectivity index is 2.42. The number of carbonyl (C=O) groups is 1. The van der Waals surface area contributed by atoms with Gasteiger partial charge in [-0.1, -0.05) is 18.2 Å². The van der Waals surface area contributed by atoms with Crippen LogP contribution >= 0.6 is 0 Å². The summed E-state index contributed by atoms with van der Waals surface area (Å²) in [4.78, 5) is 11.4. The van der Waals surface area contributed by atoms with Crippen molar-refractivity contribution in [1.29, 1.82) is 0 Å². The molecule has 1 unspecified atom stereocenters. The molecule has 1 N–H and O–H groups in total. The highest BCUT2D eigenvalue weighted by molar-refractivity contribution is 5.99. The monoisotopic (exact) mass is 220 g/mol. The molecule has 0 amide bonds. The molecule has 1 aromatic carbocycles. The van der Waals surface area contributed by atoms with Gasteiger partial charge in [0.2, 0.25) is 0 Å². The smallest absolute Gasteiger partial charge is 0.158 e. The van der Waals surface area contributed by atoms with Crippen LogP contribution in [-0.2, 0) is 4.79 Å². The van der Waals surface area contributed by atoms with Gasteiger partial charge in [-0.25, -0.2) is 4.39 Å². The number of halogens is 1. The molecule has 1 aromatic rings. The van der Waals surface area contributed by atoms with E-state index < -0.39 is 5.60 Å². The Kier molecular flexibility index (Phi) is 2.64. The molecule has 0 radical (unpaired) electrons. The second-order valence-corrected chi connectivity index (χ2v) is 4.47. The molecule has 1 aliphatic carbocycles. The van der Waals surface area contributed by atoms with Gasteiger partial charge in [0, 0.05) is 18.4 Å². The number of hydrogen-bond donors (Lipinski definition) is 1. The third-order valence-corrected chi connectivity index (χ3v) is 2.68. The van der Waals surface area contributed by atoms with Crippen molar-refractivity contribution in [3.05, 3.63) is 41.7 Å². The molecule has 0 fully saturated rings. The average molecular weight is 220 g/mol. The summed E-state index contributed by atoms with van der Waals surface area (Å²) in [6.07, 6.45) is 1.83. The van der Waals surface area contributed by atoms with E-state index in [0.717, 1.165) is 0 Å². The number of allylic oxidation sites excluding steroid dienone is 1. The maximum atomic E-state index is 13.5. The van der Waals surface area contributed by atoms with E-state index in [4.69, 9.17) is 0 Å². The summed E-state index contributed by atoms with van der Waals surface area (Å²) < 4.78 is 13.5. The molecule has 0 spiro atoms. The Morgan fingerprint density at radius 1 is 1.31 bits per heavy atom. The second kappa shape index (κ2) is 3.83. The molecule has 0 aliphatic heterocycles. The summed E-state index contributed by atoms with van der Waals surface area (Å²) in [6, 6.07) is 6.29. The van der Waals surface area contributed by atoms with Crippen LogP contribution in [-0.4, -0.2) is 16.5 Å². The first-order valence-corrected chi connectivity index (χ1v) is 5.19. The number of hydrogen-bond acceptors (Lipinski definition) is 2. The third kappa shape index (κ3) is 2.19. The van der Waals surface area contributed by atoms with Crippen LogP contribution in [0.25, 0.3) is 5.57 Å². The molecule has 16 heavy (non-hydrogen) atoms. The Morgan fingerprint density at radius 2 is 2.00 bits per heavy atom. The topological polar surface area (TPSA) is 37.3 Å². The summed E-state index contributed by atoms with van der Waals surface area (Å²) in [5.74, 6) is -0.520. The molecule has 0 saturated carbocycles. The van der Waals surface area contributed by atoms with Gasteiger partial charge in [-0.05, 0) is 24.6 Å². The zero-order valence-electron chi connectivity index (χ0n) is 9.03. The fraction of sp³-hybridized carbons (Fsp3) is 0.308. The first-order chi connectivity index (χ1) is 7.48. The second-order valence-electron chi connectivity index (χ2n) is 4.47. The first kappa shape index (κ1) is 11.0. The molecule has 2 rings (SSSR count). The molecule has 1 atom stereocenters. The summed E-state index contributed by atoms with van der Waals surface area (Å²) in [7, 11) is 0. The Labute approximate surface area is 93.4 Å². The predicted octanol–water partition coefficient (Wildman–Crippen LogP) is 2.32. The lowest BCUT2D eigenvalue weighted by Crippen LogP contribution is -2.31. The van der Waals surface area contributed by atoms with Crippen molar-refractivity contribution >= 4 is 11.4 Å². The molecule has 1 aliphatic rings. The van der Waals surface area contributed by atoms with Gasteiger partial charge in [0.25, 0.3) is 0 Å². The van der Waals surface area contributed by atoms with Gasteiger partial charge in [-0.15, -0.1) is 0 Å². The number of carbonyl (C=O) groups excluding carboxylic acids is 1. The van der Waals surface area contributed by atoms with Crippen LogP contribution in [0.3, 0.4) is 0 Å². The minimum atomic E-state index is -1.07. The molecule has 2 nitrogen and oxygen atoms in total. The maximum Gasteiger partial charge on any atom is 0.158 e. The fourth-order valence-corrected chi connectivity index (χ4v) is 2.04. The van der Waals surface area contributed by atoms with Crippen molar-refractivity contribution in [1.82, 2.24) is 0 Å². The zero-order valence-corrected chi connectivity index (χ0v) is 9.03. The number of ketones is 1. The van der Waals surface area contributed by atoms with E-state index in [2.05, 4.69) is 0 Å². The molecule has 0 saturated heterocycles. The van der Waals surface area contributed by atoms with Crippen LogP contribution in [0.15, 0.2) is 30.3 Å². The van der Waals surface area contributed by atoms with Crippen LogP contribution in [0.4, 0.5) is 4.39 Å². The first-order valence-electron chi connectivity index (χ1n) is 5.19. The van der Waals surface area contributed by atoms with Crippen LogP contribution in [0, 0.1) is 5.82 Å². The lowest BCUT2D eigenvalue weighted by molar-refractivity contribution is -0.119. The van der Waals surface area contributed by atoms with Crippen molar-refractivity contribution in [2.24, 2.45) is 0 Å². The predicted molar refractivity (Wildman–Crippen MR) is 59.2 cm³/mol. The van der Waals surface area contributed by atoms with E-state index in [1.165, 1.54) is 12.1 Å². The number of rotatable bonds is 1. The Hall–Kier alpha value is -1.48. The lowest BCUT2D eigenvalue weighted by atomic mass is 9.82. The van der Waals surface area contributed by atoms with E-state index in [1.807, 2.05) is 0 Å². The summed E-state index contributed by atoms with van der Waals surface area (Å²) in [5.41, 5.74) is -0.0983. The summed E-state index contributed by atoms with van der Waals surface area (Å²) in [6.45, 7) is 1.60. The van der Waals surface area contributed by atoms with E-state index >= 15 is 0 Å². The van der Waals surface area contributed by atoms with Crippen LogP contribution in [0.1, 0.15) is 25.3 Å².